The zero-order valence-corrected chi connectivity index (χ0v) is 17.2. The number of halogens is 2. The van der Waals surface area contributed by atoms with Gasteiger partial charge in [0.2, 0.25) is 0 Å². The van der Waals surface area contributed by atoms with Crippen LogP contribution in [0.3, 0.4) is 0 Å². The van der Waals surface area contributed by atoms with E-state index in [0.29, 0.717) is 12.2 Å². The highest BCUT2D eigenvalue weighted by atomic mass is 35.5. The van der Waals surface area contributed by atoms with Gasteiger partial charge in [-0.05, 0) is 18.6 Å². The maximum atomic E-state index is 12.7. The molecule has 2 N–H and O–H groups in total. The van der Waals surface area contributed by atoms with E-state index in [4.69, 9.17) is 0 Å². The maximum absolute atomic E-state index is 12.7. The Bertz CT molecular complexity index is 913. The summed E-state index contributed by atoms with van der Waals surface area (Å²) in [6, 6.07) is 7.84. The predicted octanol–water partition coefficient (Wildman–Crippen LogP) is 2.68. The van der Waals surface area contributed by atoms with Crippen molar-refractivity contribution in [2.24, 2.45) is 0 Å². The molecule has 4 rings (SSSR count). The summed E-state index contributed by atoms with van der Waals surface area (Å²) in [5, 5.41) is 6.35. The van der Waals surface area contributed by atoms with Gasteiger partial charge in [-0.25, -0.2) is 9.97 Å². The van der Waals surface area contributed by atoms with Crippen molar-refractivity contribution in [1.29, 1.82) is 0 Å². The lowest BCUT2D eigenvalue weighted by Crippen LogP contribution is -2.18. The van der Waals surface area contributed by atoms with E-state index in [1.165, 1.54) is 0 Å². The lowest BCUT2D eigenvalue weighted by molar-refractivity contribution is 0.102. The summed E-state index contributed by atoms with van der Waals surface area (Å²) < 4.78 is 4.12. The number of amides is 1. The molecule has 3 heterocycles. The SMILES string of the molecule is Cc1nccn1Cc1ccccc1NC(=O)c1cn2c(n1)CCNCC2.Cl.Cl. The number of aromatic nitrogens is 4. The number of anilines is 1. The number of imidazole rings is 2. The van der Waals surface area contributed by atoms with Crippen LogP contribution < -0.4 is 10.6 Å². The zero-order chi connectivity index (χ0) is 17.9. The Morgan fingerprint density at radius 1 is 1.25 bits per heavy atom. The monoisotopic (exact) mass is 422 g/mol. The summed E-state index contributed by atoms with van der Waals surface area (Å²) in [7, 11) is 0. The summed E-state index contributed by atoms with van der Waals surface area (Å²) in [5.74, 6) is 1.73. The van der Waals surface area contributed by atoms with E-state index in [0.717, 1.165) is 49.0 Å². The number of rotatable bonds is 4. The number of carbonyl (C=O) groups is 1. The number of hydrogen-bond acceptors (Lipinski definition) is 4. The van der Waals surface area contributed by atoms with Gasteiger partial charge in [0.25, 0.3) is 5.91 Å². The van der Waals surface area contributed by atoms with Gasteiger partial charge in [0, 0.05) is 50.3 Å². The number of carbonyl (C=O) groups excluding carboxylic acids is 1. The fraction of sp³-hybridized carbons (Fsp3) is 0.316. The van der Waals surface area contributed by atoms with Crippen molar-refractivity contribution in [2.45, 2.75) is 26.4 Å². The van der Waals surface area contributed by atoms with Crippen molar-refractivity contribution in [2.75, 3.05) is 18.4 Å². The number of nitrogens with zero attached hydrogens (tertiary/aromatic N) is 4. The Morgan fingerprint density at radius 3 is 2.86 bits per heavy atom. The summed E-state index contributed by atoms with van der Waals surface area (Å²) >= 11 is 0. The van der Waals surface area contributed by atoms with Gasteiger partial charge in [0.15, 0.2) is 0 Å². The van der Waals surface area contributed by atoms with Gasteiger partial charge in [-0.15, -0.1) is 24.8 Å². The van der Waals surface area contributed by atoms with E-state index in [1.807, 2.05) is 43.6 Å². The Morgan fingerprint density at radius 2 is 2.07 bits per heavy atom. The van der Waals surface area contributed by atoms with Crippen molar-refractivity contribution in [3.05, 3.63) is 65.8 Å². The maximum Gasteiger partial charge on any atom is 0.275 e. The molecule has 0 radical (unpaired) electrons. The van der Waals surface area contributed by atoms with E-state index in [1.54, 1.807) is 6.20 Å². The molecule has 1 aliphatic rings. The van der Waals surface area contributed by atoms with Crippen LogP contribution in [0.15, 0.2) is 42.9 Å². The highest BCUT2D eigenvalue weighted by Crippen LogP contribution is 2.18. The fourth-order valence-electron chi connectivity index (χ4n) is 3.20. The Hall–Kier alpha value is -2.35. The van der Waals surface area contributed by atoms with Crippen LogP contribution in [0.5, 0.6) is 0 Å². The molecule has 0 spiro atoms. The quantitative estimate of drug-likeness (QED) is 0.677. The highest BCUT2D eigenvalue weighted by molar-refractivity contribution is 6.03. The van der Waals surface area contributed by atoms with Gasteiger partial charge in [-0.3, -0.25) is 4.79 Å². The lowest BCUT2D eigenvalue weighted by atomic mass is 10.1. The molecule has 0 bridgehead atoms. The lowest BCUT2D eigenvalue weighted by Gasteiger charge is -2.12. The summed E-state index contributed by atoms with van der Waals surface area (Å²) in [4.78, 5) is 21.5. The third-order valence-corrected chi connectivity index (χ3v) is 4.68. The smallest absolute Gasteiger partial charge is 0.275 e. The molecule has 2 aromatic heterocycles. The fourth-order valence-corrected chi connectivity index (χ4v) is 3.20. The van der Waals surface area contributed by atoms with Crippen LogP contribution in [-0.4, -0.2) is 38.1 Å². The van der Waals surface area contributed by atoms with Crippen LogP contribution in [0.4, 0.5) is 5.69 Å². The molecule has 7 nitrogen and oxygen atoms in total. The third-order valence-electron chi connectivity index (χ3n) is 4.68. The van der Waals surface area contributed by atoms with Crippen molar-refractivity contribution < 1.29 is 4.79 Å². The first-order valence-corrected chi connectivity index (χ1v) is 8.84. The number of fused-ring (bicyclic) bond motifs is 1. The second-order valence-corrected chi connectivity index (χ2v) is 6.45. The van der Waals surface area contributed by atoms with E-state index in [-0.39, 0.29) is 30.7 Å². The number of aryl methyl sites for hydroxylation is 1. The molecule has 0 aliphatic carbocycles. The zero-order valence-electron chi connectivity index (χ0n) is 15.6. The van der Waals surface area contributed by atoms with E-state index in [2.05, 4.69) is 29.7 Å². The summed E-state index contributed by atoms with van der Waals surface area (Å²) in [5.41, 5.74) is 2.30. The summed E-state index contributed by atoms with van der Waals surface area (Å²) in [6.07, 6.45) is 6.40. The van der Waals surface area contributed by atoms with E-state index in [9.17, 15) is 4.79 Å². The molecule has 28 heavy (non-hydrogen) atoms. The normalized spacial score (nSPS) is 12.9. The van der Waals surface area contributed by atoms with Gasteiger partial charge < -0.3 is 19.8 Å². The van der Waals surface area contributed by atoms with Crippen molar-refractivity contribution in [1.82, 2.24) is 24.4 Å². The molecule has 0 saturated heterocycles. The number of para-hydroxylation sites is 1. The molecular formula is C19H24Cl2N6O. The third kappa shape index (κ3) is 4.73. The van der Waals surface area contributed by atoms with Crippen LogP contribution in [-0.2, 0) is 19.5 Å². The van der Waals surface area contributed by atoms with Gasteiger partial charge in [-0.2, -0.15) is 0 Å². The second-order valence-electron chi connectivity index (χ2n) is 6.45. The topological polar surface area (TPSA) is 76.8 Å². The van der Waals surface area contributed by atoms with Gasteiger partial charge >= 0.3 is 0 Å². The molecule has 1 aromatic carbocycles. The molecule has 0 fully saturated rings. The molecule has 0 saturated carbocycles. The van der Waals surface area contributed by atoms with Crippen LogP contribution in [0.25, 0.3) is 0 Å². The van der Waals surface area contributed by atoms with Crippen LogP contribution in [0.1, 0.15) is 27.7 Å². The van der Waals surface area contributed by atoms with Gasteiger partial charge in [0.05, 0.1) is 6.54 Å². The molecule has 0 atom stereocenters. The first kappa shape index (κ1) is 21.9. The minimum Gasteiger partial charge on any atom is -0.333 e. The standard InChI is InChI=1S/C19H22N6O.2ClH/c1-14-21-9-11-24(14)12-15-4-2-3-5-16(15)23-19(26)17-13-25-10-8-20-7-6-18(25)22-17;;/h2-5,9,11,13,20H,6-8,10,12H2,1H3,(H,23,26);2*1H. The Balaban J connectivity index is 0.00000140. The van der Waals surface area contributed by atoms with E-state index >= 15 is 0 Å². The number of hydrogen-bond donors (Lipinski definition) is 2. The average molecular weight is 423 g/mol. The molecule has 9 heteroatoms. The molecule has 1 amide bonds. The molecular weight excluding hydrogens is 399 g/mol. The van der Waals surface area contributed by atoms with Crippen LogP contribution in [0.2, 0.25) is 0 Å². The van der Waals surface area contributed by atoms with E-state index < -0.39 is 0 Å². The molecule has 3 aromatic rings. The molecule has 150 valence electrons. The number of nitrogens with one attached hydrogen (secondary N) is 2. The Kier molecular flexibility index (Phi) is 7.62. The Labute approximate surface area is 176 Å². The summed E-state index contributed by atoms with van der Waals surface area (Å²) in [6.45, 7) is 5.26. The number of benzene rings is 1. The van der Waals surface area contributed by atoms with Crippen LogP contribution in [0, 0.1) is 6.92 Å². The van der Waals surface area contributed by atoms with Crippen molar-refractivity contribution >= 4 is 36.4 Å². The molecule has 0 unspecified atom stereocenters. The predicted molar refractivity (Wildman–Crippen MR) is 114 cm³/mol. The van der Waals surface area contributed by atoms with Crippen molar-refractivity contribution in [3.8, 4) is 0 Å². The minimum absolute atomic E-state index is 0. The van der Waals surface area contributed by atoms with Crippen LogP contribution >= 0.6 is 24.8 Å². The van der Waals surface area contributed by atoms with Gasteiger partial charge in [0.1, 0.15) is 17.3 Å². The minimum atomic E-state index is -0.173. The highest BCUT2D eigenvalue weighted by Gasteiger charge is 2.17. The average Bonchev–Trinajstić information content (AvgIpc) is 3.17. The van der Waals surface area contributed by atoms with Gasteiger partial charge in [-0.1, -0.05) is 18.2 Å². The molecule has 1 aliphatic heterocycles. The second kappa shape index (κ2) is 9.73. The first-order valence-electron chi connectivity index (χ1n) is 8.84. The largest absolute Gasteiger partial charge is 0.333 e. The van der Waals surface area contributed by atoms with Crippen molar-refractivity contribution in [3.63, 3.8) is 0 Å². The first-order chi connectivity index (χ1) is 12.7.